The average molecular weight is 274 g/mol. The Morgan fingerprint density at radius 2 is 2.10 bits per heavy atom. The molecule has 5 nitrogen and oxygen atoms in total. The van der Waals surface area contributed by atoms with E-state index in [1.165, 1.54) is 19.3 Å². The zero-order valence-electron chi connectivity index (χ0n) is 11.6. The summed E-state index contributed by atoms with van der Waals surface area (Å²) in [6.45, 7) is 1.16. The van der Waals surface area contributed by atoms with Crippen molar-refractivity contribution in [2.24, 2.45) is 11.8 Å². The molecule has 0 aliphatic heterocycles. The van der Waals surface area contributed by atoms with Gasteiger partial charge in [0.15, 0.2) is 0 Å². The van der Waals surface area contributed by atoms with E-state index >= 15 is 0 Å². The van der Waals surface area contributed by atoms with Crippen LogP contribution in [0.5, 0.6) is 0 Å². The van der Waals surface area contributed by atoms with Gasteiger partial charge in [-0.15, -0.1) is 0 Å². The number of nitrogens with one attached hydrogen (secondary N) is 2. The fourth-order valence-electron chi connectivity index (χ4n) is 3.20. The first-order valence-corrected chi connectivity index (χ1v) is 7.35. The second-order valence-corrected chi connectivity index (χ2v) is 5.76. The quantitative estimate of drug-likeness (QED) is 0.645. The van der Waals surface area contributed by atoms with Gasteiger partial charge in [-0.3, -0.25) is 5.10 Å². The van der Waals surface area contributed by atoms with Crippen LogP contribution in [0.4, 0.5) is 11.4 Å². The number of fused-ring (bicyclic) bond motifs is 1. The van der Waals surface area contributed by atoms with E-state index < -0.39 is 0 Å². The number of nitrogens with zero attached hydrogens (tertiary/aromatic N) is 1. The van der Waals surface area contributed by atoms with Crippen LogP contribution in [0.15, 0.2) is 18.3 Å². The SMILES string of the molecule is Nc1cc2cn[nH]c2cc1NCC1CCCCC1CO. The first-order chi connectivity index (χ1) is 9.78. The number of aliphatic hydroxyl groups excluding tert-OH is 1. The molecule has 0 saturated heterocycles. The number of aromatic nitrogens is 2. The number of rotatable bonds is 4. The molecule has 5 heteroatoms. The van der Waals surface area contributed by atoms with Crippen LogP contribution in [-0.4, -0.2) is 28.5 Å². The van der Waals surface area contributed by atoms with E-state index in [9.17, 15) is 5.11 Å². The highest BCUT2D eigenvalue weighted by Crippen LogP contribution is 2.31. The zero-order chi connectivity index (χ0) is 13.9. The Labute approximate surface area is 118 Å². The van der Waals surface area contributed by atoms with Crippen molar-refractivity contribution in [3.05, 3.63) is 18.3 Å². The molecule has 1 saturated carbocycles. The normalized spacial score (nSPS) is 23.1. The first kappa shape index (κ1) is 13.2. The van der Waals surface area contributed by atoms with Crippen LogP contribution >= 0.6 is 0 Å². The molecule has 2 atom stereocenters. The third-order valence-corrected chi connectivity index (χ3v) is 4.47. The van der Waals surface area contributed by atoms with Crippen molar-refractivity contribution in [1.29, 1.82) is 0 Å². The number of aromatic amines is 1. The first-order valence-electron chi connectivity index (χ1n) is 7.35. The predicted molar refractivity (Wildman–Crippen MR) is 81.5 cm³/mol. The van der Waals surface area contributed by atoms with Gasteiger partial charge in [0.05, 0.1) is 23.1 Å². The summed E-state index contributed by atoms with van der Waals surface area (Å²) in [4.78, 5) is 0. The molecule has 5 N–H and O–H groups in total. The summed E-state index contributed by atoms with van der Waals surface area (Å²) in [7, 11) is 0. The van der Waals surface area contributed by atoms with Crippen molar-refractivity contribution in [3.8, 4) is 0 Å². The van der Waals surface area contributed by atoms with Crippen molar-refractivity contribution >= 4 is 22.3 Å². The predicted octanol–water partition coefficient (Wildman–Crippen LogP) is 2.36. The standard InChI is InChI=1S/C15H22N4O/c16-13-5-12-8-18-19-14(12)6-15(13)17-7-10-3-1-2-4-11(10)9-20/h5-6,8,10-11,17,20H,1-4,7,9,16H2,(H,18,19). The summed E-state index contributed by atoms with van der Waals surface area (Å²) >= 11 is 0. The summed E-state index contributed by atoms with van der Waals surface area (Å²) in [6.07, 6.45) is 6.60. The van der Waals surface area contributed by atoms with Crippen molar-refractivity contribution in [2.75, 3.05) is 24.2 Å². The number of hydrogen-bond donors (Lipinski definition) is 4. The van der Waals surface area contributed by atoms with Gasteiger partial charge in [0.2, 0.25) is 0 Å². The van der Waals surface area contributed by atoms with E-state index in [0.717, 1.165) is 35.2 Å². The Bertz CT molecular complexity index is 580. The van der Waals surface area contributed by atoms with E-state index in [2.05, 4.69) is 15.5 Å². The van der Waals surface area contributed by atoms with Crippen molar-refractivity contribution in [2.45, 2.75) is 25.7 Å². The van der Waals surface area contributed by atoms with Gasteiger partial charge in [-0.25, -0.2) is 0 Å². The van der Waals surface area contributed by atoms with Gasteiger partial charge in [0.1, 0.15) is 0 Å². The summed E-state index contributed by atoms with van der Waals surface area (Å²) in [6, 6.07) is 3.94. The molecular formula is C15H22N4O. The minimum atomic E-state index is 0.293. The fraction of sp³-hybridized carbons (Fsp3) is 0.533. The lowest BCUT2D eigenvalue weighted by atomic mass is 9.79. The van der Waals surface area contributed by atoms with Crippen LogP contribution in [0, 0.1) is 11.8 Å². The Morgan fingerprint density at radius 3 is 2.90 bits per heavy atom. The maximum absolute atomic E-state index is 9.46. The fourth-order valence-corrected chi connectivity index (χ4v) is 3.20. The molecule has 1 heterocycles. The maximum atomic E-state index is 9.46. The molecular weight excluding hydrogens is 252 g/mol. The Kier molecular flexibility index (Phi) is 3.78. The summed E-state index contributed by atoms with van der Waals surface area (Å²) in [5.74, 6) is 0.957. The Balaban J connectivity index is 1.70. The number of benzene rings is 1. The molecule has 0 amide bonds. The van der Waals surface area contributed by atoms with Gasteiger partial charge in [-0.1, -0.05) is 12.8 Å². The number of nitrogens with two attached hydrogens (primary N) is 1. The molecule has 1 aliphatic rings. The topological polar surface area (TPSA) is 87.0 Å². The minimum Gasteiger partial charge on any atom is -0.397 e. The van der Waals surface area contributed by atoms with E-state index in [1.54, 1.807) is 6.20 Å². The van der Waals surface area contributed by atoms with Gasteiger partial charge in [0.25, 0.3) is 0 Å². The summed E-state index contributed by atoms with van der Waals surface area (Å²) in [5, 5.41) is 20.9. The smallest absolute Gasteiger partial charge is 0.0672 e. The van der Waals surface area contributed by atoms with Crippen molar-refractivity contribution < 1.29 is 5.11 Å². The number of nitrogen functional groups attached to an aromatic ring is 1. The monoisotopic (exact) mass is 274 g/mol. The lowest BCUT2D eigenvalue weighted by Gasteiger charge is -2.30. The largest absolute Gasteiger partial charge is 0.397 e. The lowest BCUT2D eigenvalue weighted by Crippen LogP contribution is -2.28. The molecule has 0 bridgehead atoms. The van der Waals surface area contributed by atoms with E-state index in [1.807, 2.05) is 12.1 Å². The average Bonchev–Trinajstić information content (AvgIpc) is 2.92. The Morgan fingerprint density at radius 1 is 1.30 bits per heavy atom. The van der Waals surface area contributed by atoms with Gasteiger partial charge >= 0.3 is 0 Å². The number of aliphatic hydroxyl groups is 1. The van der Waals surface area contributed by atoms with E-state index in [4.69, 9.17) is 5.73 Å². The third-order valence-electron chi connectivity index (χ3n) is 4.47. The number of anilines is 2. The lowest BCUT2D eigenvalue weighted by molar-refractivity contribution is 0.141. The molecule has 0 radical (unpaired) electrons. The van der Waals surface area contributed by atoms with Crippen LogP contribution in [0.3, 0.4) is 0 Å². The Hall–Kier alpha value is -1.75. The van der Waals surface area contributed by atoms with Gasteiger partial charge in [-0.2, -0.15) is 5.10 Å². The summed E-state index contributed by atoms with van der Waals surface area (Å²) < 4.78 is 0. The molecule has 2 unspecified atom stereocenters. The van der Waals surface area contributed by atoms with E-state index in [-0.39, 0.29) is 0 Å². The van der Waals surface area contributed by atoms with Crippen LogP contribution in [0.25, 0.3) is 10.9 Å². The van der Waals surface area contributed by atoms with Crippen LogP contribution in [0.1, 0.15) is 25.7 Å². The van der Waals surface area contributed by atoms with Crippen molar-refractivity contribution in [1.82, 2.24) is 10.2 Å². The third kappa shape index (κ3) is 2.58. The molecule has 108 valence electrons. The molecule has 1 aliphatic carbocycles. The van der Waals surface area contributed by atoms with Crippen LogP contribution in [0.2, 0.25) is 0 Å². The molecule has 3 rings (SSSR count). The van der Waals surface area contributed by atoms with Crippen LogP contribution < -0.4 is 11.1 Å². The number of H-pyrrole nitrogens is 1. The maximum Gasteiger partial charge on any atom is 0.0672 e. The molecule has 1 aromatic carbocycles. The second-order valence-electron chi connectivity index (χ2n) is 5.76. The van der Waals surface area contributed by atoms with Gasteiger partial charge < -0.3 is 16.2 Å². The molecule has 20 heavy (non-hydrogen) atoms. The highest BCUT2D eigenvalue weighted by atomic mass is 16.3. The highest BCUT2D eigenvalue weighted by molar-refractivity contribution is 5.88. The van der Waals surface area contributed by atoms with Gasteiger partial charge in [0, 0.05) is 18.5 Å². The summed E-state index contributed by atoms with van der Waals surface area (Å²) in [5.41, 5.74) is 8.76. The molecule has 0 spiro atoms. The minimum absolute atomic E-state index is 0.293. The highest BCUT2D eigenvalue weighted by Gasteiger charge is 2.24. The van der Waals surface area contributed by atoms with Crippen molar-refractivity contribution in [3.63, 3.8) is 0 Å². The van der Waals surface area contributed by atoms with E-state index in [0.29, 0.717) is 18.4 Å². The number of hydrogen-bond acceptors (Lipinski definition) is 4. The van der Waals surface area contributed by atoms with Crippen LogP contribution in [-0.2, 0) is 0 Å². The molecule has 1 aromatic heterocycles. The zero-order valence-corrected chi connectivity index (χ0v) is 11.6. The van der Waals surface area contributed by atoms with Gasteiger partial charge in [-0.05, 0) is 36.8 Å². The molecule has 1 fully saturated rings. The second kappa shape index (κ2) is 5.71. The molecule has 2 aromatic rings.